The van der Waals surface area contributed by atoms with Crippen LogP contribution in [0.4, 0.5) is 0 Å². The van der Waals surface area contributed by atoms with E-state index in [9.17, 15) is 0 Å². The van der Waals surface area contributed by atoms with Crippen LogP contribution in [0.1, 0.15) is 38.4 Å². The lowest BCUT2D eigenvalue weighted by Crippen LogP contribution is -2.19. The molecule has 0 spiro atoms. The maximum atomic E-state index is 5.33. The van der Waals surface area contributed by atoms with Gasteiger partial charge in [-0.1, -0.05) is 19.8 Å². The summed E-state index contributed by atoms with van der Waals surface area (Å²) in [5.74, 6) is 1.06. The zero-order valence-corrected chi connectivity index (χ0v) is 11.2. The molecule has 0 radical (unpaired) electrons. The average molecular weight is 238 g/mol. The van der Waals surface area contributed by atoms with E-state index in [0.29, 0.717) is 0 Å². The van der Waals surface area contributed by atoms with E-state index >= 15 is 0 Å². The smallest absolute Gasteiger partial charge is 0.117 e. The summed E-state index contributed by atoms with van der Waals surface area (Å²) in [6.45, 7) is 6.49. The van der Waals surface area contributed by atoms with Crippen molar-refractivity contribution in [2.24, 2.45) is 0 Å². The summed E-state index contributed by atoms with van der Waals surface area (Å²) in [4.78, 5) is 2.32. The van der Waals surface area contributed by atoms with Crippen molar-refractivity contribution in [2.75, 3.05) is 26.7 Å². The fourth-order valence-electron chi connectivity index (χ4n) is 1.91. The van der Waals surface area contributed by atoms with E-state index in [1.165, 1.54) is 32.2 Å². The number of hydrogen-bond acceptors (Lipinski definition) is 3. The third-order valence-electron chi connectivity index (χ3n) is 2.90. The molecule has 0 bridgehead atoms. The number of unbranched alkanes of at least 4 members (excludes halogenated alkanes) is 3. The topological polar surface area (TPSA) is 28.4 Å². The van der Waals surface area contributed by atoms with E-state index in [0.717, 1.165) is 25.4 Å². The number of nitrogens with zero attached hydrogens (tertiary/aromatic N) is 1. The molecule has 0 aromatic carbocycles. The van der Waals surface area contributed by atoms with Gasteiger partial charge in [0.15, 0.2) is 0 Å². The highest BCUT2D eigenvalue weighted by Gasteiger charge is 2.01. The van der Waals surface area contributed by atoms with E-state index < -0.39 is 0 Å². The minimum absolute atomic E-state index is 0.921. The summed E-state index contributed by atoms with van der Waals surface area (Å²) >= 11 is 0. The predicted octanol–water partition coefficient (Wildman–Crippen LogP) is 2.88. The lowest BCUT2D eigenvalue weighted by molar-refractivity contribution is 0.288. The lowest BCUT2D eigenvalue weighted by atomic mass is 10.2. The molecule has 0 aliphatic heterocycles. The van der Waals surface area contributed by atoms with Gasteiger partial charge in [-0.25, -0.2) is 0 Å². The molecule has 3 nitrogen and oxygen atoms in total. The first-order valence-corrected chi connectivity index (χ1v) is 6.74. The van der Waals surface area contributed by atoms with Crippen molar-refractivity contribution >= 4 is 0 Å². The average Bonchev–Trinajstić information content (AvgIpc) is 2.80. The van der Waals surface area contributed by atoms with Gasteiger partial charge in [0.2, 0.25) is 0 Å². The first kappa shape index (κ1) is 14.3. The molecule has 0 atom stereocenters. The van der Waals surface area contributed by atoms with Gasteiger partial charge in [0.1, 0.15) is 5.76 Å². The quantitative estimate of drug-likeness (QED) is 0.635. The molecular formula is C14H26N2O. The van der Waals surface area contributed by atoms with Gasteiger partial charge in [-0.3, -0.25) is 4.90 Å². The van der Waals surface area contributed by atoms with Gasteiger partial charge in [-0.2, -0.15) is 0 Å². The van der Waals surface area contributed by atoms with Gasteiger partial charge in [-0.15, -0.1) is 0 Å². The third-order valence-corrected chi connectivity index (χ3v) is 2.90. The molecule has 0 saturated carbocycles. The fraction of sp³-hybridized carbons (Fsp3) is 0.714. The van der Waals surface area contributed by atoms with Crippen LogP contribution in [0, 0.1) is 0 Å². The molecule has 17 heavy (non-hydrogen) atoms. The van der Waals surface area contributed by atoms with Gasteiger partial charge in [0.25, 0.3) is 0 Å². The van der Waals surface area contributed by atoms with Gasteiger partial charge in [-0.05, 0) is 51.7 Å². The SMILES string of the molecule is CCNCCCCCCN(C)Cc1ccco1. The highest BCUT2D eigenvalue weighted by molar-refractivity contribution is 4.97. The van der Waals surface area contributed by atoms with Gasteiger partial charge >= 0.3 is 0 Å². The molecule has 0 aliphatic rings. The minimum Gasteiger partial charge on any atom is -0.468 e. The molecule has 1 heterocycles. The summed E-state index contributed by atoms with van der Waals surface area (Å²) in [5.41, 5.74) is 0. The Morgan fingerprint density at radius 3 is 2.76 bits per heavy atom. The van der Waals surface area contributed by atoms with Gasteiger partial charge in [0, 0.05) is 0 Å². The maximum absolute atomic E-state index is 5.33. The van der Waals surface area contributed by atoms with Crippen molar-refractivity contribution in [1.29, 1.82) is 0 Å². The van der Waals surface area contributed by atoms with Crippen LogP contribution in [0.5, 0.6) is 0 Å². The Balaban J connectivity index is 1.92. The zero-order valence-electron chi connectivity index (χ0n) is 11.2. The molecule has 0 unspecified atom stereocenters. The zero-order chi connectivity index (χ0) is 12.3. The van der Waals surface area contributed by atoms with Crippen LogP contribution in [0.2, 0.25) is 0 Å². The Kier molecular flexibility index (Phi) is 7.76. The van der Waals surface area contributed by atoms with E-state index in [4.69, 9.17) is 4.42 Å². The summed E-state index contributed by atoms with van der Waals surface area (Å²) < 4.78 is 5.33. The standard InChI is InChI=1S/C14H26N2O/c1-3-15-10-6-4-5-7-11-16(2)13-14-9-8-12-17-14/h8-9,12,15H,3-7,10-11,13H2,1-2H3. The molecule has 0 aliphatic carbocycles. The first-order valence-electron chi connectivity index (χ1n) is 6.74. The number of nitrogens with one attached hydrogen (secondary N) is 1. The van der Waals surface area contributed by atoms with Crippen LogP contribution in [0.3, 0.4) is 0 Å². The Morgan fingerprint density at radius 2 is 2.06 bits per heavy atom. The molecule has 1 aromatic heterocycles. The summed E-state index contributed by atoms with van der Waals surface area (Å²) in [7, 11) is 2.15. The Hall–Kier alpha value is -0.800. The normalized spacial score (nSPS) is 11.2. The molecule has 0 saturated heterocycles. The highest BCUT2D eigenvalue weighted by Crippen LogP contribution is 2.06. The summed E-state index contributed by atoms with van der Waals surface area (Å²) in [6, 6.07) is 3.98. The molecule has 3 heteroatoms. The monoisotopic (exact) mass is 238 g/mol. The van der Waals surface area contributed by atoms with Gasteiger partial charge in [0.05, 0.1) is 12.8 Å². The second kappa shape index (κ2) is 9.25. The van der Waals surface area contributed by atoms with E-state index in [-0.39, 0.29) is 0 Å². The number of furan rings is 1. The molecule has 1 N–H and O–H groups in total. The Morgan fingerprint density at radius 1 is 1.24 bits per heavy atom. The summed E-state index contributed by atoms with van der Waals surface area (Å²) in [6.07, 6.45) is 6.98. The minimum atomic E-state index is 0.921. The molecule has 1 aromatic rings. The fourth-order valence-corrected chi connectivity index (χ4v) is 1.91. The second-order valence-electron chi connectivity index (χ2n) is 4.58. The third kappa shape index (κ3) is 7.18. The predicted molar refractivity (Wildman–Crippen MR) is 72.1 cm³/mol. The molecular weight excluding hydrogens is 212 g/mol. The highest BCUT2D eigenvalue weighted by atomic mass is 16.3. The largest absolute Gasteiger partial charge is 0.468 e. The van der Waals surface area contributed by atoms with Crippen molar-refractivity contribution in [1.82, 2.24) is 10.2 Å². The van der Waals surface area contributed by atoms with Crippen molar-refractivity contribution in [3.8, 4) is 0 Å². The molecule has 1 rings (SSSR count). The number of rotatable bonds is 10. The Labute approximate surface area is 105 Å². The van der Waals surface area contributed by atoms with Crippen molar-refractivity contribution < 1.29 is 4.42 Å². The molecule has 0 amide bonds. The van der Waals surface area contributed by atoms with Crippen LogP contribution in [0.15, 0.2) is 22.8 Å². The van der Waals surface area contributed by atoms with Gasteiger partial charge < -0.3 is 9.73 Å². The number of hydrogen-bond donors (Lipinski definition) is 1. The Bertz CT molecular complexity index is 259. The maximum Gasteiger partial charge on any atom is 0.117 e. The van der Waals surface area contributed by atoms with Crippen molar-refractivity contribution in [2.45, 2.75) is 39.2 Å². The van der Waals surface area contributed by atoms with E-state index in [2.05, 4.69) is 24.2 Å². The van der Waals surface area contributed by atoms with Crippen LogP contribution >= 0.6 is 0 Å². The van der Waals surface area contributed by atoms with E-state index in [1.54, 1.807) is 6.26 Å². The lowest BCUT2D eigenvalue weighted by Gasteiger charge is -2.14. The van der Waals surface area contributed by atoms with Crippen molar-refractivity contribution in [3.63, 3.8) is 0 Å². The summed E-state index contributed by atoms with van der Waals surface area (Å²) in [5, 5.41) is 3.35. The van der Waals surface area contributed by atoms with E-state index in [1.807, 2.05) is 12.1 Å². The van der Waals surface area contributed by atoms with Crippen molar-refractivity contribution in [3.05, 3.63) is 24.2 Å². The first-order chi connectivity index (χ1) is 8.33. The molecule has 0 fully saturated rings. The van der Waals surface area contributed by atoms with Crippen LogP contribution in [-0.4, -0.2) is 31.6 Å². The van der Waals surface area contributed by atoms with Crippen LogP contribution < -0.4 is 5.32 Å². The molecule has 98 valence electrons. The van der Waals surface area contributed by atoms with Crippen LogP contribution in [0.25, 0.3) is 0 Å². The van der Waals surface area contributed by atoms with Crippen LogP contribution in [-0.2, 0) is 6.54 Å². The second-order valence-corrected chi connectivity index (χ2v) is 4.58.